The third-order valence-electron chi connectivity index (χ3n) is 3.28. The predicted molar refractivity (Wildman–Crippen MR) is 80.6 cm³/mol. The normalized spacial score (nSPS) is 10.8. The fourth-order valence-electron chi connectivity index (χ4n) is 2.35. The molecule has 1 heterocycles. The van der Waals surface area contributed by atoms with Crippen molar-refractivity contribution in [3.8, 4) is 0 Å². The minimum atomic E-state index is 0.110. The van der Waals surface area contributed by atoms with E-state index in [-0.39, 0.29) is 6.61 Å². The molecule has 0 saturated carbocycles. The molecule has 0 spiro atoms. The van der Waals surface area contributed by atoms with E-state index in [1.165, 1.54) is 0 Å². The van der Waals surface area contributed by atoms with Crippen molar-refractivity contribution in [3.05, 3.63) is 60.4 Å². The largest absolute Gasteiger partial charge is 0.395 e. The van der Waals surface area contributed by atoms with Crippen molar-refractivity contribution in [3.63, 3.8) is 0 Å². The van der Waals surface area contributed by atoms with Gasteiger partial charge < -0.3 is 15.0 Å². The zero-order chi connectivity index (χ0) is 13.8. The summed E-state index contributed by atoms with van der Waals surface area (Å²) in [6.07, 6.45) is 0. The molecule has 1 aromatic heterocycles. The molecule has 0 aliphatic carbocycles. The molecule has 0 saturated heterocycles. The van der Waals surface area contributed by atoms with Crippen LogP contribution in [0.4, 0.5) is 5.69 Å². The Kier molecular flexibility index (Phi) is 3.65. The van der Waals surface area contributed by atoms with Gasteiger partial charge in [0.05, 0.1) is 24.2 Å². The van der Waals surface area contributed by atoms with Gasteiger partial charge in [-0.05, 0) is 24.3 Å². The van der Waals surface area contributed by atoms with Gasteiger partial charge in [-0.2, -0.15) is 0 Å². The summed E-state index contributed by atoms with van der Waals surface area (Å²) < 4.78 is 2.06. The molecule has 0 amide bonds. The first-order chi connectivity index (χ1) is 9.88. The number of aliphatic hydroxyl groups is 1. The molecule has 102 valence electrons. The van der Waals surface area contributed by atoms with Crippen molar-refractivity contribution in [1.82, 2.24) is 9.55 Å². The highest BCUT2D eigenvalue weighted by molar-refractivity contribution is 5.76. The molecule has 3 aromatic rings. The lowest BCUT2D eigenvalue weighted by Crippen LogP contribution is -2.10. The van der Waals surface area contributed by atoms with E-state index in [1.54, 1.807) is 0 Å². The summed E-state index contributed by atoms with van der Waals surface area (Å²) in [6, 6.07) is 18.0. The number of nitrogens with one attached hydrogen (secondary N) is 1. The van der Waals surface area contributed by atoms with E-state index in [0.29, 0.717) is 13.1 Å². The lowest BCUT2D eigenvalue weighted by molar-refractivity contribution is 0.276. The van der Waals surface area contributed by atoms with Gasteiger partial charge in [0.1, 0.15) is 5.82 Å². The van der Waals surface area contributed by atoms with Crippen LogP contribution in [-0.4, -0.2) is 21.3 Å². The van der Waals surface area contributed by atoms with E-state index in [2.05, 4.69) is 14.9 Å². The van der Waals surface area contributed by atoms with Crippen LogP contribution in [0.25, 0.3) is 11.0 Å². The van der Waals surface area contributed by atoms with Crippen LogP contribution in [0.1, 0.15) is 5.82 Å². The third-order valence-corrected chi connectivity index (χ3v) is 3.28. The van der Waals surface area contributed by atoms with Crippen molar-refractivity contribution in [1.29, 1.82) is 0 Å². The Labute approximate surface area is 117 Å². The highest BCUT2D eigenvalue weighted by atomic mass is 16.3. The highest BCUT2D eigenvalue weighted by Crippen LogP contribution is 2.17. The smallest absolute Gasteiger partial charge is 0.129 e. The minimum Gasteiger partial charge on any atom is -0.395 e. The molecule has 0 unspecified atom stereocenters. The zero-order valence-corrected chi connectivity index (χ0v) is 11.2. The topological polar surface area (TPSA) is 50.1 Å². The first kappa shape index (κ1) is 12.7. The first-order valence-corrected chi connectivity index (χ1v) is 6.72. The maximum atomic E-state index is 9.24. The Bertz CT molecular complexity index is 691. The zero-order valence-electron chi connectivity index (χ0n) is 11.2. The molecule has 4 nitrogen and oxygen atoms in total. The van der Waals surface area contributed by atoms with Crippen molar-refractivity contribution in [2.45, 2.75) is 13.1 Å². The standard InChI is InChI=1S/C16H17N3O/c20-11-10-19-15-9-5-4-8-14(15)18-16(19)12-17-13-6-2-1-3-7-13/h1-9,17,20H,10-12H2. The van der Waals surface area contributed by atoms with Crippen LogP contribution in [0, 0.1) is 0 Å². The monoisotopic (exact) mass is 267 g/mol. The number of para-hydroxylation sites is 3. The quantitative estimate of drug-likeness (QED) is 0.747. The summed E-state index contributed by atoms with van der Waals surface area (Å²) in [7, 11) is 0. The minimum absolute atomic E-state index is 0.110. The molecule has 0 aliphatic rings. The van der Waals surface area contributed by atoms with Gasteiger partial charge in [-0.25, -0.2) is 4.98 Å². The van der Waals surface area contributed by atoms with Crippen LogP contribution in [-0.2, 0) is 13.1 Å². The van der Waals surface area contributed by atoms with Gasteiger partial charge >= 0.3 is 0 Å². The maximum absolute atomic E-state index is 9.24. The molecule has 0 radical (unpaired) electrons. The molecule has 0 aliphatic heterocycles. The summed E-state index contributed by atoms with van der Waals surface area (Å²) in [5.74, 6) is 0.934. The van der Waals surface area contributed by atoms with Gasteiger partial charge in [-0.3, -0.25) is 0 Å². The third kappa shape index (κ3) is 2.51. The fraction of sp³-hybridized carbons (Fsp3) is 0.188. The Morgan fingerprint density at radius 1 is 1.00 bits per heavy atom. The number of aromatic nitrogens is 2. The second kappa shape index (κ2) is 5.75. The van der Waals surface area contributed by atoms with Crippen LogP contribution >= 0.6 is 0 Å². The predicted octanol–water partition coefficient (Wildman–Crippen LogP) is 2.64. The molecule has 0 fully saturated rings. The summed E-state index contributed by atoms with van der Waals surface area (Å²) in [5.41, 5.74) is 3.09. The summed E-state index contributed by atoms with van der Waals surface area (Å²) in [6.45, 7) is 1.31. The summed E-state index contributed by atoms with van der Waals surface area (Å²) in [5, 5.41) is 12.6. The van der Waals surface area contributed by atoms with Crippen LogP contribution in [0.5, 0.6) is 0 Å². The lowest BCUT2D eigenvalue weighted by atomic mass is 10.3. The summed E-state index contributed by atoms with van der Waals surface area (Å²) >= 11 is 0. The van der Waals surface area contributed by atoms with Gasteiger partial charge in [-0.15, -0.1) is 0 Å². The van der Waals surface area contributed by atoms with Crippen LogP contribution in [0.15, 0.2) is 54.6 Å². The molecule has 0 bridgehead atoms. The second-order valence-corrected chi connectivity index (χ2v) is 4.61. The number of hydrogen-bond acceptors (Lipinski definition) is 3. The van der Waals surface area contributed by atoms with E-state index in [4.69, 9.17) is 0 Å². The van der Waals surface area contributed by atoms with Gasteiger partial charge in [0.2, 0.25) is 0 Å². The summed E-state index contributed by atoms with van der Waals surface area (Å²) in [4.78, 5) is 4.64. The molecule has 3 rings (SSSR count). The number of rotatable bonds is 5. The molecule has 2 N–H and O–H groups in total. The number of imidazole rings is 1. The Balaban J connectivity index is 1.88. The SMILES string of the molecule is OCCn1c(CNc2ccccc2)nc2ccccc21. The van der Waals surface area contributed by atoms with Gasteiger partial charge in [0.15, 0.2) is 0 Å². The average Bonchev–Trinajstić information content (AvgIpc) is 2.85. The molecule has 20 heavy (non-hydrogen) atoms. The van der Waals surface area contributed by atoms with Crippen molar-refractivity contribution in [2.24, 2.45) is 0 Å². The number of benzene rings is 2. The van der Waals surface area contributed by atoms with E-state index in [9.17, 15) is 5.11 Å². The van der Waals surface area contributed by atoms with E-state index in [1.807, 2.05) is 54.6 Å². The highest BCUT2D eigenvalue weighted by Gasteiger charge is 2.09. The Hall–Kier alpha value is -2.33. The van der Waals surface area contributed by atoms with Crippen molar-refractivity contribution >= 4 is 16.7 Å². The Morgan fingerprint density at radius 2 is 1.75 bits per heavy atom. The average molecular weight is 267 g/mol. The van der Waals surface area contributed by atoms with Gasteiger partial charge in [0, 0.05) is 12.2 Å². The molecule has 4 heteroatoms. The van der Waals surface area contributed by atoms with Crippen molar-refractivity contribution in [2.75, 3.05) is 11.9 Å². The first-order valence-electron chi connectivity index (χ1n) is 6.72. The van der Waals surface area contributed by atoms with Gasteiger partial charge in [0.25, 0.3) is 0 Å². The van der Waals surface area contributed by atoms with Crippen molar-refractivity contribution < 1.29 is 5.11 Å². The van der Waals surface area contributed by atoms with Crippen LogP contribution in [0.2, 0.25) is 0 Å². The molecule has 0 atom stereocenters. The molecular weight excluding hydrogens is 250 g/mol. The maximum Gasteiger partial charge on any atom is 0.129 e. The van der Waals surface area contributed by atoms with E-state index in [0.717, 1.165) is 22.5 Å². The number of nitrogens with zero attached hydrogens (tertiary/aromatic N) is 2. The fourth-order valence-corrected chi connectivity index (χ4v) is 2.35. The number of fused-ring (bicyclic) bond motifs is 1. The van der Waals surface area contributed by atoms with Crippen LogP contribution < -0.4 is 5.32 Å². The number of hydrogen-bond donors (Lipinski definition) is 2. The van der Waals surface area contributed by atoms with E-state index >= 15 is 0 Å². The Morgan fingerprint density at radius 3 is 2.55 bits per heavy atom. The molecule has 2 aromatic carbocycles. The van der Waals surface area contributed by atoms with Gasteiger partial charge in [-0.1, -0.05) is 30.3 Å². The van der Waals surface area contributed by atoms with Crippen LogP contribution in [0.3, 0.4) is 0 Å². The number of aliphatic hydroxyl groups excluding tert-OH is 1. The van der Waals surface area contributed by atoms with E-state index < -0.39 is 0 Å². The lowest BCUT2D eigenvalue weighted by Gasteiger charge is -2.09. The second-order valence-electron chi connectivity index (χ2n) is 4.61. The number of anilines is 1. The molecular formula is C16H17N3O.